The summed E-state index contributed by atoms with van der Waals surface area (Å²) in [6.45, 7) is 2.64. The average molecular weight is 456 g/mol. The second-order valence-corrected chi connectivity index (χ2v) is 9.59. The summed E-state index contributed by atoms with van der Waals surface area (Å²) in [5.74, 6) is 0.0742. The summed E-state index contributed by atoms with van der Waals surface area (Å²) in [7, 11) is 0. The third kappa shape index (κ3) is 4.83. The number of nitrogens with one attached hydrogen (secondary N) is 1. The van der Waals surface area contributed by atoms with Gasteiger partial charge in [-0.15, -0.1) is 22.7 Å². The third-order valence-corrected chi connectivity index (χ3v) is 7.48. The number of carbonyl (C=O) groups excluding carboxylic acids is 1. The molecule has 3 heterocycles. The van der Waals surface area contributed by atoms with E-state index in [9.17, 15) is 9.59 Å². The molecule has 154 valence electrons. The second-order valence-electron chi connectivity index (χ2n) is 6.70. The first-order valence-corrected chi connectivity index (χ1v) is 12.4. The highest BCUT2D eigenvalue weighted by Crippen LogP contribution is 2.22. The number of thiophene rings is 2. The van der Waals surface area contributed by atoms with Gasteiger partial charge in [0, 0.05) is 17.1 Å². The number of benzene rings is 1. The van der Waals surface area contributed by atoms with Crippen LogP contribution in [0, 0.1) is 0 Å². The highest BCUT2D eigenvalue weighted by atomic mass is 32.2. The van der Waals surface area contributed by atoms with Gasteiger partial charge < -0.3 is 5.32 Å². The number of rotatable bonds is 8. The van der Waals surface area contributed by atoms with Crippen molar-refractivity contribution in [2.24, 2.45) is 0 Å². The van der Waals surface area contributed by atoms with Gasteiger partial charge in [-0.05, 0) is 53.4 Å². The van der Waals surface area contributed by atoms with Crippen molar-refractivity contribution in [3.05, 3.63) is 74.0 Å². The Morgan fingerprint density at radius 2 is 1.97 bits per heavy atom. The smallest absolute Gasteiger partial charge is 0.272 e. The lowest BCUT2D eigenvalue weighted by Crippen LogP contribution is -2.24. The van der Waals surface area contributed by atoms with Crippen molar-refractivity contribution < 1.29 is 4.79 Å². The number of hydrogen-bond donors (Lipinski definition) is 1. The van der Waals surface area contributed by atoms with Gasteiger partial charge in [-0.25, -0.2) is 4.98 Å². The zero-order chi connectivity index (χ0) is 20.9. The molecule has 0 aliphatic rings. The van der Waals surface area contributed by atoms with Crippen LogP contribution < -0.4 is 10.9 Å². The van der Waals surface area contributed by atoms with Crippen molar-refractivity contribution in [1.29, 1.82) is 0 Å². The fraction of sp³-hybridized carbons (Fsp3) is 0.227. The van der Waals surface area contributed by atoms with E-state index in [1.54, 1.807) is 15.9 Å². The first-order chi connectivity index (χ1) is 14.6. The molecule has 1 amide bonds. The van der Waals surface area contributed by atoms with Crippen LogP contribution in [0.4, 0.5) is 5.69 Å². The molecule has 1 aromatic carbocycles. The minimum atomic E-state index is -0.117. The molecule has 0 bridgehead atoms. The summed E-state index contributed by atoms with van der Waals surface area (Å²) in [4.78, 5) is 31.3. The Morgan fingerprint density at radius 3 is 2.70 bits per heavy atom. The number of thioether (sulfide) groups is 1. The summed E-state index contributed by atoms with van der Waals surface area (Å²) >= 11 is 4.38. The minimum Gasteiger partial charge on any atom is -0.325 e. The van der Waals surface area contributed by atoms with E-state index in [-0.39, 0.29) is 17.2 Å². The van der Waals surface area contributed by atoms with E-state index >= 15 is 0 Å². The summed E-state index contributed by atoms with van der Waals surface area (Å²) in [6, 6.07) is 13.8. The Balaban J connectivity index is 1.49. The van der Waals surface area contributed by atoms with Crippen LogP contribution in [0.25, 0.3) is 10.2 Å². The van der Waals surface area contributed by atoms with Gasteiger partial charge in [-0.3, -0.25) is 14.2 Å². The fourth-order valence-electron chi connectivity index (χ4n) is 3.06. The van der Waals surface area contributed by atoms with Gasteiger partial charge in [-0.1, -0.05) is 36.9 Å². The van der Waals surface area contributed by atoms with Gasteiger partial charge in [0.25, 0.3) is 5.56 Å². The molecule has 0 fully saturated rings. The molecule has 30 heavy (non-hydrogen) atoms. The van der Waals surface area contributed by atoms with E-state index in [0.29, 0.717) is 21.9 Å². The van der Waals surface area contributed by atoms with E-state index in [1.165, 1.54) is 33.5 Å². The molecule has 0 spiro atoms. The predicted molar refractivity (Wildman–Crippen MR) is 127 cm³/mol. The maximum atomic E-state index is 13.0. The van der Waals surface area contributed by atoms with Gasteiger partial charge in [-0.2, -0.15) is 0 Å². The molecule has 0 aliphatic heterocycles. The topological polar surface area (TPSA) is 64.0 Å². The van der Waals surface area contributed by atoms with Crippen LogP contribution in [0.15, 0.2) is 63.2 Å². The molecule has 0 saturated carbocycles. The normalized spacial score (nSPS) is 11.1. The highest BCUT2D eigenvalue weighted by Gasteiger charge is 2.14. The Labute approximate surface area is 186 Å². The molecule has 4 rings (SSSR count). The number of aromatic nitrogens is 2. The van der Waals surface area contributed by atoms with Gasteiger partial charge in [0.1, 0.15) is 4.70 Å². The molecule has 0 unspecified atom stereocenters. The van der Waals surface area contributed by atoms with Crippen molar-refractivity contribution >= 4 is 56.2 Å². The lowest BCUT2D eigenvalue weighted by molar-refractivity contribution is -0.113. The van der Waals surface area contributed by atoms with Crippen LogP contribution in [0.3, 0.4) is 0 Å². The van der Waals surface area contributed by atoms with Gasteiger partial charge in [0.2, 0.25) is 5.91 Å². The summed E-state index contributed by atoms with van der Waals surface area (Å²) in [6.07, 6.45) is 1.73. The molecule has 1 N–H and O–H groups in total. The number of aryl methyl sites for hydroxylation is 2. The minimum absolute atomic E-state index is 0.0374. The monoisotopic (exact) mass is 455 g/mol. The molecule has 0 radical (unpaired) electrons. The Hall–Kier alpha value is -2.42. The van der Waals surface area contributed by atoms with E-state index < -0.39 is 0 Å². The lowest BCUT2D eigenvalue weighted by Gasteiger charge is -2.12. The largest absolute Gasteiger partial charge is 0.325 e. The molecule has 0 atom stereocenters. The van der Waals surface area contributed by atoms with Crippen molar-refractivity contribution in [3.8, 4) is 0 Å². The number of fused-ring (bicyclic) bond motifs is 1. The van der Waals surface area contributed by atoms with Crippen molar-refractivity contribution in [2.75, 3.05) is 11.1 Å². The number of amides is 1. The lowest BCUT2D eigenvalue weighted by atomic mass is 10.1. The van der Waals surface area contributed by atoms with Crippen LogP contribution >= 0.6 is 34.4 Å². The predicted octanol–water partition coefficient (Wildman–Crippen LogP) is 5.06. The standard InChI is InChI=1S/C22H21N3O2S3/c1-2-15-5-7-16(8-6-15)23-19(26)14-30-22-24-18-10-13-29-20(18)21(27)25(22)11-9-17-4-3-12-28-17/h3-8,10,12-13H,2,9,11,14H2,1H3,(H,23,26). The molecular formula is C22H21N3O2S3. The van der Waals surface area contributed by atoms with Crippen LogP contribution in [0.2, 0.25) is 0 Å². The number of anilines is 1. The zero-order valence-electron chi connectivity index (χ0n) is 16.5. The molecular weight excluding hydrogens is 434 g/mol. The van der Waals surface area contributed by atoms with E-state index in [1.807, 2.05) is 47.2 Å². The number of hydrogen-bond acceptors (Lipinski definition) is 6. The van der Waals surface area contributed by atoms with E-state index in [4.69, 9.17) is 0 Å². The quantitative estimate of drug-likeness (QED) is 0.298. The fourth-order valence-corrected chi connectivity index (χ4v) is 5.36. The highest BCUT2D eigenvalue weighted by molar-refractivity contribution is 7.99. The van der Waals surface area contributed by atoms with Gasteiger partial charge in [0.15, 0.2) is 5.16 Å². The van der Waals surface area contributed by atoms with Crippen LogP contribution in [0.5, 0.6) is 0 Å². The van der Waals surface area contributed by atoms with E-state index in [2.05, 4.69) is 23.3 Å². The van der Waals surface area contributed by atoms with Gasteiger partial charge >= 0.3 is 0 Å². The van der Waals surface area contributed by atoms with E-state index in [0.717, 1.165) is 18.5 Å². The molecule has 4 aromatic rings. The second kappa shape index (κ2) is 9.59. The van der Waals surface area contributed by atoms with Crippen molar-refractivity contribution in [1.82, 2.24) is 9.55 Å². The molecule has 8 heteroatoms. The molecule has 5 nitrogen and oxygen atoms in total. The zero-order valence-corrected chi connectivity index (χ0v) is 18.9. The average Bonchev–Trinajstić information content (AvgIpc) is 3.44. The first kappa shape index (κ1) is 20.8. The van der Waals surface area contributed by atoms with Crippen LogP contribution in [-0.2, 0) is 24.2 Å². The maximum absolute atomic E-state index is 13.0. The van der Waals surface area contributed by atoms with Crippen LogP contribution in [-0.4, -0.2) is 21.2 Å². The molecule has 3 aromatic heterocycles. The molecule has 0 saturated heterocycles. The summed E-state index contributed by atoms with van der Waals surface area (Å²) < 4.78 is 2.36. The Kier molecular flexibility index (Phi) is 6.66. The third-order valence-electron chi connectivity index (χ3n) is 4.67. The Morgan fingerprint density at radius 1 is 1.13 bits per heavy atom. The summed E-state index contributed by atoms with van der Waals surface area (Å²) in [5.41, 5.74) is 2.65. The number of nitrogens with zero attached hydrogens (tertiary/aromatic N) is 2. The SMILES string of the molecule is CCc1ccc(NC(=O)CSc2nc3ccsc3c(=O)n2CCc2cccs2)cc1. The van der Waals surface area contributed by atoms with Gasteiger partial charge in [0.05, 0.1) is 11.3 Å². The maximum Gasteiger partial charge on any atom is 0.272 e. The number of carbonyl (C=O) groups is 1. The van der Waals surface area contributed by atoms with Crippen LogP contribution in [0.1, 0.15) is 17.4 Å². The van der Waals surface area contributed by atoms with Crippen molar-refractivity contribution in [2.45, 2.75) is 31.5 Å². The first-order valence-electron chi connectivity index (χ1n) is 9.66. The molecule has 0 aliphatic carbocycles. The van der Waals surface area contributed by atoms with Crippen molar-refractivity contribution in [3.63, 3.8) is 0 Å². The summed E-state index contributed by atoms with van der Waals surface area (Å²) in [5, 5.41) is 7.41. The Bertz CT molecular complexity index is 1190.